The Morgan fingerprint density at radius 2 is 1.62 bits per heavy atom. The normalized spacial score (nSPS) is 10.2. The molecule has 0 saturated heterocycles. The Morgan fingerprint density at radius 1 is 0.917 bits per heavy atom. The van der Waals surface area contributed by atoms with Gasteiger partial charge in [0, 0.05) is 18.1 Å². The average molecular weight is 318 g/mol. The van der Waals surface area contributed by atoms with Gasteiger partial charge in [-0.15, -0.1) is 0 Å². The van der Waals surface area contributed by atoms with E-state index in [0.29, 0.717) is 12.3 Å². The molecule has 4 nitrogen and oxygen atoms in total. The van der Waals surface area contributed by atoms with E-state index in [2.05, 4.69) is 4.98 Å². The highest BCUT2D eigenvalue weighted by atomic mass is 16.5. The molecule has 0 radical (unpaired) electrons. The topological polar surface area (TPSA) is 42.4 Å². The third-order valence-corrected chi connectivity index (χ3v) is 3.54. The number of anilines is 1. The summed E-state index contributed by atoms with van der Waals surface area (Å²) in [6, 6.07) is 22.7. The number of aromatic nitrogens is 1. The molecule has 3 aromatic rings. The van der Waals surface area contributed by atoms with Crippen molar-refractivity contribution in [2.24, 2.45) is 0 Å². The minimum absolute atomic E-state index is 0.0147. The summed E-state index contributed by atoms with van der Waals surface area (Å²) in [4.78, 5) is 18.5. The molecule has 4 heteroatoms. The Hall–Kier alpha value is -3.14. The molecule has 1 amide bonds. The Balaban J connectivity index is 1.75. The second-order valence-corrected chi connectivity index (χ2v) is 5.28. The van der Waals surface area contributed by atoms with E-state index in [1.54, 1.807) is 17.3 Å². The molecule has 0 atom stereocenters. The number of nitrogens with zero attached hydrogens (tertiary/aromatic N) is 2. The standard InChI is InChI=1S/C20H18N2O2/c23-20(16-24-19-11-5-2-6-12-19)22(18-9-3-1-4-10-18)15-17-8-7-13-21-14-17/h1-14H,15-16H2. The molecule has 0 aliphatic rings. The van der Waals surface area contributed by atoms with Crippen LogP contribution in [0, 0.1) is 0 Å². The molecule has 0 aliphatic heterocycles. The first kappa shape index (κ1) is 15.7. The van der Waals surface area contributed by atoms with Crippen LogP contribution in [0.4, 0.5) is 5.69 Å². The molecule has 1 aromatic heterocycles. The van der Waals surface area contributed by atoms with E-state index in [4.69, 9.17) is 4.74 Å². The monoisotopic (exact) mass is 318 g/mol. The fraction of sp³-hybridized carbons (Fsp3) is 0.100. The van der Waals surface area contributed by atoms with Crippen LogP contribution in [0.25, 0.3) is 0 Å². The number of para-hydroxylation sites is 2. The van der Waals surface area contributed by atoms with Crippen LogP contribution < -0.4 is 9.64 Å². The van der Waals surface area contributed by atoms with Crippen molar-refractivity contribution in [2.45, 2.75) is 6.54 Å². The van der Waals surface area contributed by atoms with Crippen LogP contribution in [0.15, 0.2) is 85.2 Å². The number of carbonyl (C=O) groups is 1. The minimum atomic E-state index is -0.103. The van der Waals surface area contributed by atoms with Crippen LogP contribution in [0.1, 0.15) is 5.56 Å². The van der Waals surface area contributed by atoms with Crippen molar-refractivity contribution >= 4 is 11.6 Å². The van der Waals surface area contributed by atoms with Crippen LogP contribution in [-0.4, -0.2) is 17.5 Å². The van der Waals surface area contributed by atoms with Gasteiger partial charge in [0.15, 0.2) is 6.61 Å². The highest BCUT2D eigenvalue weighted by molar-refractivity contribution is 5.94. The van der Waals surface area contributed by atoms with Crippen LogP contribution in [0.5, 0.6) is 5.75 Å². The van der Waals surface area contributed by atoms with Crippen molar-refractivity contribution in [3.63, 3.8) is 0 Å². The molecule has 2 aromatic carbocycles. The van der Waals surface area contributed by atoms with Crippen molar-refractivity contribution < 1.29 is 9.53 Å². The molecular weight excluding hydrogens is 300 g/mol. The van der Waals surface area contributed by atoms with E-state index in [1.165, 1.54) is 0 Å². The third kappa shape index (κ3) is 4.20. The summed E-state index contributed by atoms with van der Waals surface area (Å²) in [5.41, 5.74) is 1.80. The van der Waals surface area contributed by atoms with Crippen molar-refractivity contribution in [2.75, 3.05) is 11.5 Å². The number of rotatable bonds is 6. The SMILES string of the molecule is O=C(COc1ccccc1)N(Cc1cccnc1)c1ccccc1. The van der Waals surface area contributed by atoms with Gasteiger partial charge in [0.25, 0.3) is 5.91 Å². The highest BCUT2D eigenvalue weighted by Gasteiger charge is 2.17. The van der Waals surface area contributed by atoms with Crippen molar-refractivity contribution in [3.8, 4) is 5.75 Å². The molecule has 0 N–H and O–H groups in total. The van der Waals surface area contributed by atoms with Crippen LogP contribution in [-0.2, 0) is 11.3 Å². The Bertz CT molecular complexity index is 761. The van der Waals surface area contributed by atoms with E-state index < -0.39 is 0 Å². The van der Waals surface area contributed by atoms with Gasteiger partial charge in [-0.05, 0) is 35.9 Å². The lowest BCUT2D eigenvalue weighted by Gasteiger charge is -2.23. The van der Waals surface area contributed by atoms with Gasteiger partial charge in [-0.1, -0.05) is 42.5 Å². The summed E-state index contributed by atoms with van der Waals surface area (Å²) < 4.78 is 5.60. The number of hydrogen-bond acceptors (Lipinski definition) is 3. The van der Waals surface area contributed by atoms with Gasteiger partial charge in [0.2, 0.25) is 0 Å². The predicted octanol–water partition coefficient (Wildman–Crippen LogP) is 3.69. The van der Waals surface area contributed by atoms with Gasteiger partial charge in [0.05, 0.1) is 6.54 Å². The van der Waals surface area contributed by atoms with Gasteiger partial charge in [-0.25, -0.2) is 0 Å². The maximum absolute atomic E-state index is 12.7. The van der Waals surface area contributed by atoms with Crippen molar-refractivity contribution in [1.82, 2.24) is 4.98 Å². The number of benzene rings is 2. The maximum atomic E-state index is 12.7. The molecule has 0 spiro atoms. The van der Waals surface area contributed by atoms with Crippen LogP contribution in [0.3, 0.4) is 0 Å². The summed E-state index contributed by atoms with van der Waals surface area (Å²) in [6.45, 7) is 0.438. The van der Waals surface area contributed by atoms with Gasteiger partial charge < -0.3 is 9.64 Å². The highest BCUT2D eigenvalue weighted by Crippen LogP contribution is 2.17. The summed E-state index contributed by atoms with van der Waals surface area (Å²) in [7, 11) is 0. The Kier molecular flexibility index (Phi) is 5.20. The molecule has 0 fully saturated rings. The molecule has 120 valence electrons. The first-order valence-electron chi connectivity index (χ1n) is 7.75. The summed E-state index contributed by atoms with van der Waals surface area (Å²) in [5.74, 6) is 0.578. The first-order chi connectivity index (χ1) is 11.8. The van der Waals surface area contributed by atoms with E-state index >= 15 is 0 Å². The zero-order chi connectivity index (χ0) is 16.6. The number of pyridine rings is 1. The number of carbonyl (C=O) groups excluding carboxylic acids is 1. The predicted molar refractivity (Wildman–Crippen MR) is 93.8 cm³/mol. The lowest BCUT2D eigenvalue weighted by Crippen LogP contribution is -2.34. The van der Waals surface area contributed by atoms with Gasteiger partial charge in [0.1, 0.15) is 5.75 Å². The Labute approximate surface area is 141 Å². The van der Waals surface area contributed by atoms with E-state index in [-0.39, 0.29) is 12.5 Å². The van der Waals surface area contributed by atoms with Crippen LogP contribution >= 0.6 is 0 Å². The van der Waals surface area contributed by atoms with Gasteiger partial charge in [-0.3, -0.25) is 9.78 Å². The van der Waals surface area contributed by atoms with Crippen LogP contribution in [0.2, 0.25) is 0 Å². The molecule has 0 bridgehead atoms. The van der Waals surface area contributed by atoms with Gasteiger partial charge in [-0.2, -0.15) is 0 Å². The second-order valence-electron chi connectivity index (χ2n) is 5.28. The van der Waals surface area contributed by atoms with Gasteiger partial charge >= 0.3 is 0 Å². The summed E-state index contributed by atoms with van der Waals surface area (Å²) in [5, 5.41) is 0. The molecule has 3 rings (SSSR count). The summed E-state index contributed by atoms with van der Waals surface area (Å²) in [6.07, 6.45) is 3.48. The number of ether oxygens (including phenoxy) is 1. The molecule has 0 unspecified atom stereocenters. The number of hydrogen-bond donors (Lipinski definition) is 0. The molecule has 0 saturated carbocycles. The third-order valence-electron chi connectivity index (χ3n) is 3.54. The minimum Gasteiger partial charge on any atom is -0.484 e. The quantitative estimate of drug-likeness (QED) is 0.696. The van der Waals surface area contributed by atoms with Crippen molar-refractivity contribution in [1.29, 1.82) is 0 Å². The average Bonchev–Trinajstić information content (AvgIpc) is 2.66. The molecule has 0 aliphatic carbocycles. The smallest absolute Gasteiger partial charge is 0.265 e. The second kappa shape index (κ2) is 7.92. The van der Waals surface area contributed by atoms with E-state index in [0.717, 1.165) is 11.3 Å². The molecule has 24 heavy (non-hydrogen) atoms. The van der Waals surface area contributed by atoms with E-state index in [9.17, 15) is 4.79 Å². The lowest BCUT2D eigenvalue weighted by atomic mass is 10.2. The maximum Gasteiger partial charge on any atom is 0.265 e. The largest absolute Gasteiger partial charge is 0.484 e. The lowest BCUT2D eigenvalue weighted by molar-refractivity contribution is -0.120. The van der Waals surface area contributed by atoms with E-state index in [1.807, 2.05) is 72.8 Å². The van der Waals surface area contributed by atoms with Crippen molar-refractivity contribution in [3.05, 3.63) is 90.8 Å². The zero-order valence-corrected chi connectivity index (χ0v) is 13.2. The molecule has 1 heterocycles. The fourth-order valence-electron chi connectivity index (χ4n) is 2.35. The Morgan fingerprint density at radius 3 is 2.29 bits per heavy atom. The first-order valence-corrected chi connectivity index (χ1v) is 7.75. The zero-order valence-electron chi connectivity index (χ0n) is 13.2. The fourth-order valence-corrected chi connectivity index (χ4v) is 2.35. The molecular formula is C20H18N2O2. The summed E-state index contributed by atoms with van der Waals surface area (Å²) >= 11 is 0. The number of amides is 1.